The molecule has 1 N–H and O–H groups in total. The molecule has 0 aliphatic rings. The van der Waals surface area contributed by atoms with Crippen LogP contribution in [0.4, 0.5) is 5.82 Å². The van der Waals surface area contributed by atoms with Gasteiger partial charge in [-0.15, -0.1) is 0 Å². The summed E-state index contributed by atoms with van der Waals surface area (Å²) >= 11 is 0. The zero-order valence-corrected chi connectivity index (χ0v) is 18.3. The maximum Gasteiger partial charge on any atom is 0.129 e. The first-order valence-corrected chi connectivity index (χ1v) is 10.1. The zero-order valence-electron chi connectivity index (χ0n) is 18.3. The van der Waals surface area contributed by atoms with Crippen LogP contribution in [0.3, 0.4) is 0 Å². The Balaban J connectivity index is 1.66. The SMILES string of the molecule is COc1cccc(CCNc2cc([C@H](C)Cn3nc(C)c(C)c3C)nc(C)n2)c1. The third-order valence-corrected chi connectivity index (χ3v) is 5.41. The van der Waals surface area contributed by atoms with Crippen LogP contribution in [0.1, 0.15) is 46.9 Å². The fourth-order valence-corrected chi connectivity index (χ4v) is 3.41. The number of aromatic nitrogens is 4. The molecule has 6 heteroatoms. The summed E-state index contributed by atoms with van der Waals surface area (Å²) in [5.74, 6) is 2.78. The molecule has 2 heterocycles. The van der Waals surface area contributed by atoms with Gasteiger partial charge in [0.1, 0.15) is 17.4 Å². The summed E-state index contributed by atoms with van der Waals surface area (Å²) in [6.45, 7) is 12.0. The molecule has 154 valence electrons. The van der Waals surface area contributed by atoms with Gasteiger partial charge in [0.15, 0.2) is 0 Å². The monoisotopic (exact) mass is 393 g/mol. The summed E-state index contributed by atoms with van der Waals surface area (Å²) in [7, 11) is 1.69. The highest BCUT2D eigenvalue weighted by atomic mass is 16.5. The number of methoxy groups -OCH3 is 1. The van der Waals surface area contributed by atoms with Crippen molar-refractivity contribution in [1.82, 2.24) is 19.7 Å². The maximum atomic E-state index is 5.30. The van der Waals surface area contributed by atoms with Gasteiger partial charge < -0.3 is 10.1 Å². The second kappa shape index (κ2) is 9.07. The molecule has 0 aliphatic carbocycles. The fraction of sp³-hybridized carbons (Fsp3) is 0.435. The molecule has 2 aromatic heterocycles. The first kappa shape index (κ1) is 20.8. The summed E-state index contributed by atoms with van der Waals surface area (Å²) in [5, 5.41) is 8.11. The smallest absolute Gasteiger partial charge is 0.129 e. The van der Waals surface area contributed by atoms with Crippen LogP contribution in [-0.4, -0.2) is 33.4 Å². The lowest BCUT2D eigenvalue weighted by molar-refractivity contribution is 0.414. The normalized spacial score (nSPS) is 12.1. The van der Waals surface area contributed by atoms with E-state index in [-0.39, 0.29) is 5.92 Å². The van der Waals surface area contributed by atoms with Crippen LogP contribution in [0.15, 0.2) is 30.3 Å². The number of benzene rings is 1. The van der Waals surface area contributed by atoms with Gasteiger partial charge in [0.05, 0.1) is 18.5 Å². The van der Waals surface area contributed by atoms with E-state index in [2.05, 4.69) is 71.0 Å². The predicted octanol–water partition coefficient (Wildman–Crippen LogP) is 4.37. The molecule has 0 unspecified atom stereocenters. The summed E-state index contributed by atoms with van der Waals surface area (Å²) in [6, 6.07) is 10.2. The summed E-state index contributed by atoms with van der Waals surface area (Å²) in [5.41, 5.74) is 5.84. The second-order valence-electron chi connectivity index (χ2n) is 7.63. The molecule has 0 bridgehead atoms. The van der Waals surface area contributed by atoms with E-state index >= 15 is 0 Å². The molecule has 6 nitrogen and oxygen atoms in total. The zero-order chi connectivity index (χ0) is 21.0. The fourth-order valence-electron chi connectivity index (χ4n) is 3.41. The van der Waals surface area contributed by atoms with Crippen LogP contribution < -0.4 is 10.1 Å². The van der Waals surface area contributed by atoms with Crippen LogP contribution in [0.2, 0.25) is 0 Å². The molecule has 1 aromatic carbocycles. The van der Waals surface area contributed by atoms with Crippen molar-refractivity contribution in [1.29, 1.82) is 0 Å². The molecule has 0 amide bonds. The quantitative estimate of drug-likeness (QED) is 0.615. The number of hydrogen-bond donors (Lipinski definition) is 1. The third kappa shape index (κ3) is 5.13. The molecule has 3 aromatic rings. The van der Waals surface area contributed by atoms with Gasteiger partial charge in [-0.3, -0.25) is 4.68 Å². The Bertz CT molecular complexity index is 979. The maximum absolute atomic E-state index is 5.30. The minimum atomic E-state index is 0.244. The van der Waals surface area contributed by atoms with Gasteiger partial charge in [0.2, 0.25) is 0 Å². The summed E-state index contributed by atoms with van der Waals surface area (Å²) < 4.78 is 7.38. The average Bonchev–Trinajstić information content (AvgIpc) is 2.94. The van der Waals surface area contributed by atoms with E-state index < -0.39 is 0 Å². The minimum absolute atomic E-state index is 0.244. The number of aryl methyl sites for hydroxylation is 2. The molecule has 0 spiro atoms. The van der Waals surface area contributed by atoms with Crippen LogP contribution in [0.5, 0.6) is 5.75 Å². The minimum Gasteiger partial charge on any atom is -0.497 e. The predicted molar refractivity (Wildman–Crippen MR) is 117 cm³/mol. The molecule has 3 rings (SSSR count). The van der Waals surface area contributed by atoms with E-state index in [0.29, 0.717) is 0 Å². The number of hydrogen-bond acceptors (Lipinski definition) is 5. The van der Waals surface area contributed by atoms with Crippen LogP contribution in [0.25, 0.3) is 0 Å². The van der Waals surface area contributed by atoms with Crippen molar-refractivity contribution in [2.75, 3.05) is 19.0 Å². The van der Waals surface area contributed by atoms with Crippen molar-refractivity contribution < 1.29 is 4.74 Å². The van der Waals surface area contributed by atoms with Gasteiger partial charge >= 0.3 is 0 Å². The summed E-state index contributed by atoms with van der Waals surface area (Å²) in [6.07, 6.45) is 0.899. The van der Waals surface area contributed by atoms with E-state index in [4.69, 9.17) is 4.74 Å². The van der Waals surface area contributed by atoms with Crippen molar-refractivity contribution in [3.8, 4) is 5.75 Å². The second-order valence-corrected chi connectivity index (χ2v) is 7.63. The standard InChI is InChI=1S/C23H31N5O/c1-15(14-28-18(4)16(2)17(3)27-28)22-13-23(26-19(5)25-22)24-11-10-20-8-7-9-21(12-20)29-6/h7-9,12-13,15H,10-11,14H2,1-6H3,(H,24,25,26)/t15-/m1/s1. The number of ether oxygens (including phenoxy) is 1. The van der Waals surface area contributed by atoms with E-state index in [1.807, 2.05) is 19.1 Å². The Hall–Kier alpha value is -2.89. The molecule has 1 atom stereocenters. The van der Waals surface area contributed by atoms with Crippen LogP contribution in [-0.2, 0) is 13.0 Å². The van der Waals surface area contributed by atoms with Crippen LogP contribution in [0, 0.1) is 27.7 Å². The highest BCUT2D eigenvalue weighted by Crippen LogP contribution is 2.21. The Morgan fingerprint density at radius 3 is 2.59 bits per heavy atom. The highest BCUT2D eigenvalue weighted by Gasteiger charge is 2.14. The van der Waals surface area contributed by atoms with Crippen LogP contribution >= 0.6 is 0 Å². The number of nitrogens with one attached hydrogen (secondary N) is 1. The first-order valence-electron chi connectivity index (χ1n) is 10.1. The number of nitrogens with zero attached hydrogens (tertiary/aromatic N) is 4. The van der Waals surface area contributed by atoms with E-state index in [9.17, 15) is 0 Å². The molecule has 0 saturated heterocycles. The van der Waals surface area contributed by atoms with Gasteiger partial charge in [0, 0.05) is 30.8 Å². The molecule has 0 fully saturated rings. The Morgan fingerprint density at radius 2 is 1.90 bits per heavy atom. The van der Waals surface area contributed by atoms with Crippen molar-refractivity contribution >= 4 is 5.82 Å². The van der Waals surface area contributed by atoms with Crippen molar-refractivity contribution in [2.45, 2.75) is 53.5 Å². The van der Waals surface area contributed by atoms with E-state index in [1.54, 1.807) is 7.11 Å². The lowest BCUT2D eigenvalue weighted by atomic mass is 10.1. The Labute approximate surface area is 173 Å². The van der Waals surface area contributed by atoms with Gasteiger partial charge in [-0.1, -0.05) is 19.1 Å². The molecular weight excluding hydrogens is 362 g/mol. The van der Waals surface area contributed by atoms with Gasteiger partial charge in [0.25, 0.3) is 0 Å². The van der Waals surface area contributed by atoms with Gasteiger partial charge in [-0.2, -0.15) is 5.10 Å². The van der Waals surface area contributed by atoms with Crippen molar-refractivity contribution in [3.05, 3.63) is 64.4 Å². The van der Waals surface area contributed by atoms with E-state index in [0.717, 1.165) is 48.3 Å². The molecule has 0 saturated carbocycles. The van der Waals surface area contributed by atoms with Crippen molar-refractivity contribution in [2.24, 2.45) is 0 Å². The lowest BCUT2D eigenvalue weighted by Crippen LogP contribution is -2.13. The van der Waals surface area contributed by atoms with E-state index in [1.165, 1.54) is 16.8 Å². The average molecular weight is 394 g/mol. The third-order valence-electron chi connectivity index (χ3n) is 5.41. The molecule has 29 heavy (non-hydrogen) atoms. The number of anilines is 1. The van der Waals surface area contributed by atoms with Gasteiger partial charge in [-0.25, -0.2) is 9.97 Å². The first-order chi connectivity index (χ1) is 13.9. The lowest BCUT2D eigenvalue weighted by Gasteiger charge is -2.15. The van der Waals surface area contributed by atoms with Crippen molar-refractivity contribution in [3.63, 3.8) is 0 Å². The number of rotatable bonds is 8. The Morgan fingerprint density at radius 1 is 1.10 bits per heavy atom. The van der Waals surface area contributed by atoms with Gasteiger partial charge in [-0.05, 0) is 57.4 Å². The molecule has 0 radical (unpaired) electrons. The Kier molecular flexibility index (Phi) is 6.52. The molecule has 0 aliphatic heterocycles. The molecular formula is C23H31N5O. The highest BCUT2D eigenvalue weighted by molar-refractivity contribution is 5.38. The largest absolute Gasteiger partial charge is 0.497 e. The topological polar surface area (TPSA) is 64.9 Å². The summed E-state index contributed by atoms with van der Waals surface area (Å²) in [4.78, 5) is 9.22.